The van der Waals surface area contributed by atoms with Crippen LogP contribution in [0.1, 0.15) is 29.8 Å². The third-order valence-electron chi connectivity index (χ3n) is 3.55. The predicted octanol–water partition coefficient (Wildman–Crippen LogP) is 0.647. The number of carbonyl (C=O) groups excluding carboxylic acids is 2. The van der Waals surface area contributed by atoms with Crippen molar-refractivity contribution in [2.45, 2.75) is 30.8 Å². The molecule has 1 N–H and O–H groups in total. The van der Waals surface area contributed by atoms with E-state index in [0.29, 0.717) is 10.4 Å². The van der Waals surface area contributed by atoms with Crippen molar-refractivity contribution in [2.24, 2.45) is 0 Å². The molecule has 1 aromatic heterocycles. The largest absolute Gasteiger partial charge is 0.465 e. The number of carbonyl (C=O) groups is 2. The maximum atomic E-state index is 12.8. The summed E-state index contributed by atoms with van der Waals surface area (Å²) in [7, 11) is -3.42. The number of nitrogens with zero attached hydrogens (tertiary/aromatic N) is 3. The molecule has 11 nitrogen and oxygen atoms in total. The van der Waals surface area contributed by atoms with Gasteiger partial charge >= 0.3 is 17.7 Å². The number of rotatable bonds is 7. The van der Waals surface area contributed by atoms with E-state index in [-0.39, 0.29) is 22.9 Å². The van der Waals surface area contributed by atoms with Crippen molar-refractivity contribution in [3.05, 3.63) is 39.8 Å². The molecule has 0 spiro atoms. The van der Waals surface area contributed by atoms with Gasteiger partial charge in [0.1, 0.15) is 11.5 Å². The molecule has 0 bridgehead atoms. The van der Waals surface area contributed by atoms with Crippen molar-refractivity contribution in [2.75, 3.05) is 19.5 Å². The van der Waals surface area contributed by atoms with Gasteiger partial charge in [0.15, 0.2) is 0 Å². The van der Waals surface area contributed by atoms with Gasteiger partial charge < -0.3 is 9.57 Å². The Bertz CT molecular complexity index is 1090. The molecule has 1 heterocycles. The Morgan fingerprint density at radius 1 is 1.28 bits per heavy atom. The molecule has 13 heteroatoms. The normalized spacial score (nSPS) is 11.2. The Morgan fingerprint density at radius 3 is 2.55 bits per heavy atom. The highest BCUT2D eigenvalue weighted by Crippen LogP contribution is 2.21. The fourth-order valence-corrected chi connectivity index (χ4v) is 4.41. The van der Waals surface area contributed by atoms with Crippen molar-refractivity contribution >= 4 is 33.8 Å². The van der Waals surface area contributed by atoms with Crippen molar-refractivity contribution < 1.29 is 27.6 Å². The average Bonchev–Trinajstić information content (AvgIpc) is 2.97. The monoisotopic (exact) mass is 444 g/mol. The van der Waals surface area contributed by atoms with Crippen LogP contribution in [0, 0.1) is 6.92 Å². The van der Waals surface area contributed by atoms with Crippen LogP contribution in [0.15, 0.2) is 33.0 Å². The molecule has 29 heavy (non-hydrogen) atoms. The number of hydrogen-bond acceptors (Lipinski definition) is 9. The van der Waals surface area contributed by atoms with E-state index in [0.717, 1.165) is 23.6 Å². The standard InChI is InChI=1S/C16H20N4O7S2/c1-5-27-20-15(28-6-2)17-19(16(20)23)14(22)18-29(24,25)12-10(3)8-7-9-11(12)13(21)26-4/h7-9H,5-6H2,1-4H3,(H,18,22). The molecular formula is C16H20N4O7S2. The number of aromatic nitrogens is 3. The number of ether oxygens (including phenoxy) is 1. The minimum atomic E-state index is -4.53. The Labute approximate surface area is 171 Å². The van der Waals surface area contributed by atoms with Crippen molar-refractivity contribution in [1.29, 1.82) is 0 Å². The molecule has 0 aliphatic rings. The van der Waals surface area contributed by atoms with Crippen molar-refractivity contribution in [3.63, 3.8) is 0 Å². The van der Waals surface area contributed by atoms with Gasteiger partial charge in [0.25, 0.3) is 10.0 Å². The summed E-state index contributed by atoms with van der Waals surface area (Å²) >= 11 is 1.14. The lowest BCUT2D eigenvalue weighted by Crippen LogP contribution is -2.42. The van der Waals surface area contributed by atoms with E-state index in [1.807, 2.05) is 6.92 Å². The van der Waals surface area contributed by atoms with Gasteiger partial charge in [-0.25, -0.2) is 27.5 Å². The topological polar surface area (TPSA) is 139 Å². The number of thioether (sulfide) groups is 1. The summed E-state index contributed by atoms with van der Waals surface area (Å²) in [6.45, 7) is 5.04. The maximum absolute atomic E-state index is 12.8. The number of sulfonamides is 1. The second-order valence-electron chi connectivity index (χ2n) is 5.48. The lowest BCUT2D eigenvalue weighted by atomic mass is 10.1. The van der Waals surface area contributed by atoms with E-state index in [2.05, 4.69) is 9.84 Å². The van der Waals surface area contributed by atoms with Crippen molar-refractivity contribution in [1.82, 2.24) is 19.2 Å². The van der Waals surface area contributed by atoms with Crippen LogP contribution in [0.25, 0.3) is 0 Å². The first-order valence-electron chi connectivity index (χ1n) is 8.41. The van der Waals surface area contributed by atoms with Gasteiger partial charge in [-0.2, -0.15) is 0 Å². The fraction of sp³-hybridized carbons (Fsp3) is 0.375. The van der Waals surface area contributed by atoms with Crippen LogP contribution in [-0.4, -0.2) is 54.4 Å². The van der Waals surface area contributed by atoms with Gasteiger partial charge in [-0.05, 0) is 31.2 Å². The molecule has 0 saturated heterocycles. The molecule has 158 valence electrons. The third kappa shape index (κ3) is 4.62. The van der Waals surface area contributed by atoms with E-state index in [1.54, 1.807) is 11.6 Å². The van der Waals surface area contributed by atoms with Gasteiger partial charge in [0, 0.05) is 0 Å². The van der Waals surface area contributed by atoms with Crippen LogP contribution in [-0.2, 0) is 14.8 Å². The second-order valence-corrected chi connectivity index (χ2v) is 8.33. The molecule has 0 aliphatic carbocycles. The number of benzene rings is 1. The summed E-state index contributed by atoms with van der Waals surface area (Å²) in [5, 5.41) is 3.92. The molecule has 0 saturated carbocycles. The molecule has 1 aromatic carbocycles. The predicted molar refractivity (Wildman–Crippen MR) is 104 cm³/mol. The van der Waals surface area contributed by atoms with Crippen LogP contribution in [0.3, 0.4) is 0 Å². The van der Waals surface area contributed by atoms with E-state index < -0.39 is 32.6 Å². The summed E-state index contributed by atoms with van der Waals surface area (Å²) in [4.78, 5) is 41.6. The first-order chi connectivity index (χ1) is 13.7. The molecule has 0 fully saturated rings. The van der Waals surface area contributed by atoms with Crippen LogP contribution in [0.2, 0.25) is 0 Å². The minimum absolute atomic E-state index is 0.0954. The third-order valence-corrected chi connectivity index (χ3v) is 5.86. The summed E-state index contributed by atoms with van der Waals surface area (Å²) in [5.74, 6) is -0.351. The van der Waals surface area contributed by atoms with Gasteiger partial charge in [-0.1, -0.05) is 30.8 Å². The summed E-state index contributed by atoms with van der Waals surface area (Å²) < 4.78 is 33.1. The zero-order valence-corrected chi connectivity index (χ0v) is 17.8. The average molecular weight is 444 g/mol. The van der Waals surface area contributed by atoms with Gasteiger partial charge in [0.05, 0.1) is 12.7 Å². The Kier molecular flexibility index (Phi) is 7.08. The second kappa shape index (κ2) is 9.13. The molecular weight excluding hydrogens is 424 g/mol. The van der Waals surface area contributed by atoms with Gasteiger partial charge in [-0.15, -0.1) is 14.5 Å². The minimum Gasteiger partial charge on any atom is -0.465 e. The quantitative estimate of drug-likeness (QED) is 0.481. The lowest BCUT2D eigenvalue weighted by molar-refractivity contribution is 0.0596. The number of hydrogen-bond donors (Lipinski definition) is 1. The Morgan fingerprint density at radius 2 is 1.97 bits per heavy atom. The summed E-state index contributed by atoms with van der Waals surface area (Å²) in [6, 6.07) is 2.87. The van der Waals surface area contributed by atoms with Gasteiger partial charge in [0.2, 0.25) is 5.16 Å². The number of methoxy groups -OCH3 is 1. The zero-order valence-electron chi connectivity index (χ0n) is 16.2. The van der Waals surface area contributed by atoms with Crippen LogP contribution >= 0.6 is 11.8 Å². The number of aryl methyl sites for hydroxylation is 1. The smallest absolute Gasteiger partial charge is 0.388 e. The molecule has 1 amide bonds. The highest BCUT2D eigenvalue weighted by atomic mass is 32.2. The van der Waals surface area contributed by atoms with Crippen LogP contribution in [0.5, 0.6) is 0 Å². The van der Waals surface area contributed by atoms with E-state index in [4.69, 9.17) is 4.84 Å². The molecule has 0 unspecified atom stereocenters. The fourth-order valence-electron chi connectivity index (χ4n) is 2.41. The van der Waals surface area contributed by atoms with E-state index in [9.17, 15) is 22.8 Å². The van der Waals surface area contributed by atoms with E-state index >= 15 is 0 Å². The van der Waals surface area contributed by atoms with Crippen molar-refractivity contribution in [3.8, 4) is 0 Å². The highest BCUT2D eigenvalue weighted by molar-refractivity contribution is 7.99. The zero-order chi connectivity index (χ0) is 21.8. The SMILES string of the molecule is CCOn1c(SCC)nn(C(=O)NS(=O)(=O)c2c(C)cccc2C(=O)OC)c1=O. The molecule has 0 radical (unpaired) electrons. The van der Waals surface area contributed by atoms with Crippen LogP contribution in [0.4, 0.5) is 4.79 Å². The molecule has 0 aliphatic heterocycles. The molecule has 2 aromatic rings. The summed E-state index contributed by atoms with van der Waals surface area (Å²) in [6.07, 6.45) is 0. The molecule has 2 rings (SSSR count). The summed E-state index contributed by atoms with van der Waals surface area (Å²) in [5.41, 5.74) is -1.00. The Hall–Kier alpha value is -2.80. The number of amides is 1. The molecule has 0 atom stereocenters. The van der Waals surface area contributed by atoms with E-state index in [1.165, 1.54) is 25.1 Å². The first-order valence-corrected chi connectivity index (χ1v) is 10.9. The van der Waals surface area contributed by atoms with Crippen LogP contribution < -0.4 is 15.2 Å². The maximum Gasteiger partial charge on any atom is 0.388 e. The number of esters is 1. The lowest BCUT2D eigenvalue weighted by Gasteiger charge is -2.12. The van der Waals surface area contributed by atoms with Gasteiger partial charge in [-0.3, -0.25) is 0 Å². The Balaban J connectivity index is 2.48. The number of nitrogens with one attached hydrogen (secondary N) is 1. The highest BCUT2D eigenvalue weighted by Gasteiger charge is 2.29. The first kappa shape index (κ1) is 22.5.